The second-order valence-electron chi connectivity index (χ2n) is 4.28. The van der Waals surface area contributed by atoms with Crippen molar-refractivity contribution < 1.29 is 9.90 Å². The van der Waals surface area contributed by atoms with Crippen LogP contribution in [0, 0.1) is 6.92 Å². The Morgan fingerprint density at radius 2 is 2.00 bits per heavy atom. The molecule has 0 aromatic carbocycles. The minimum Gasteiger partial charge on any atom is -0.396 e. The summed E-state index contributed by atoms with van der Waals surface area (Å²) in [5, 5.41) is 11.3. The number of H-pyrrole nitrogens is 1. The minimum atomic E-state index is -0.354. The molecule has 100 valence electrons. The van der Waals surface area contributed by atoms with E-state index in [0.717, 1.165) is 31.4 Å². The van der Waals surface area contributed by atoms with Crippen molar-refractivity contribution in [2.75, 3.05) is 13.2 Å². The number of nitrogens with one attached hydrogen (secondary N) is 2. The lowest BCUT2D eigenvalue weighted by atomic mass is 10.2. The van der Waals surface area contributed by atoms with Gasteiger partial charge in [-0.2, -0.15) is 0 Å². The number of unbranched alkanes of at least 4 members (excludes halogenated alkanes) is 3. The van der Waals surface area contributed by atoms with Gasteiger partial charge in [0.25, 0.3) is 11.5 Å². The first-order valence-electron chi connectivity index (χ1n) is 6.24. The quantitative estimate of drug-likeness (QED) is 0.632. The smallest absolute Gasteiger partial charge is 0.260 e. The van der Waals surface area contributed by atoms with E-state index in [-0.39, 0.29) is 23.6 Å². The van der Waals surface area contributed by atoms with Gasteiger partial charge in [-0.15, -0.1) is 0 Å². The average Bonchev–Trinajstić information content (AvgIpc) is 2.33. The van der Waals surface area contributed by atoms with Crippen LogP contribution in [-0.2, 0) is 0 Å². The van der Waals surface area contributed by atoms with Crippen molar-refractivity contribution in [2.24, 2.45) is 0 Å². The number of carbonyl (C=O) groups is 1. The number of aromatic nitrogens is 1. The third-order valence-corrected chi connectivity index (χ3v) is 2.67. The summed E-state index contributed by atoms with van der Waals surface area (Å²) in [6, 6.07) is 3.24. The molecule has 1 heterocycles. The van der Waals surface area contributed by atoms with E-state index in [4.69, 9.17) is 5.11 Å². The molecule has 0 aliphatic carbocycles. The van der Waals surface area contributed by atoms with Crippen molar-refractivity contribution in [3.63, 3.8) is 0 Å². The van der Waals surface area contributed by atoms with Gasteiger partial charge in [-0.25, -0.2) is 0 Å². The van der Waals surface area contributed by atoms with Crippen molar-refractivity contribution in [3.05, 3.63) is 33.7 Å². The van der Waals surface area contributed by atoms with Gasteiger partial charge in [-0.3, -0.25) is 9.59 Å². The summed E-state index contributed by atoms with van der Waals surface area (Å²) in [6.07, 6.45) is 3.57. The number of carbonyl (C=O) groups excluding carboxylic acids is 1. The van der Waals surface area contributed by atoms with E-state index < -0.39 is 0 Å². The summed E-state index contributed by atoms with van der Waals surface area (Å²) < 4.78 is 0. The van der Waals surface area contributed by atoms with Crippen LogP contribution in [0.1, 0.15) is 41.7 Å². The highest BCUT2D eigenvalue weighted by atomic mass is 16.2. The van der Waals surface area contributed by atoms with Crippen LogP contribution in [-0.4, -0.2) is 29.1 Å². The Hall–Kier alpha value is -1.62. The van der Waals surface area contributed by atoms with Crippen LogP contribution >= 0.6 is 0 Å². The maximum absolute atomic E-state index is 11.7. The molecule has 0 atom stereocenters. The molecule has 1 amide bonds. The second-order valence-corrected chi connectivity index (χ2v) is 4.28. The largest absolute Gasteiger partial charge is 0.396 e. The molecule has 5 nitrogen and oxygen atoms in total. The lowest BCUT2D eigenvalue weighted by Crippen LogP contribution is -2.30. The van der Waals surface area contributed by atoms with Crippen LogP contribution in [0.4, 0.5) is 0 Å². The van der Waals surface area contributed by atoms with Crippen LogP contribution in [0.15, 0.2) is 16.9 Å². The van der Waals surface area contributed by atoms with Gasteiger partial charge in [-0.05, 0) is 31.9 Å². The number of hydrogen-bond acceptors (Lipinski definition) is 3. The normalized spacial score (nSPS) is 10.3. The Kier molecular flexibility index (Phi) is 6.14. The number of aliphatic hydroxyl groups excluding tert-OH is 1. The topological polar surface area (TPSA) is 82.2 Å². The van der Waals surface area contributed by atoms with E-state index in [1.54, 1.807) is 13.0 Å². The Bertz CT molecular complexity index is 440. The average molecular weight is 252 g/mol. The Labute approximate surface area is 106 Å². The molecule has 0 bridgehead atoms. The molecule has 0 spiro atoms. The van der Waals surface area contributed by atoms with E-state index in [0.29, 0.717) is 6.54 Å². The van der Waals surface area contributed by atoms with Crippen LogP contribution in [0.5, 0.6) is 0 Å². The van der Waals surface area contributed by atoms with Crippen molar-refractivity contribution in [1.29, 1.82) is 0 Å². The SMILES string of the molecule is Cc1ccc(C(=O)NCCCCCCO)c(=O)[nH]1. The van der Waals surface area contributed by atoms with Crippen molar-refractivity contribution >= 4 is 5.91 Å². The Morgan fingerprint density at radius 1 is 1.28 bits per heavy atom. The molecular formula is C13H20N2O3. The zero-order chi connectivity index (χ0) is 13.4. The lowest BCUT2D eigenvalue weighted by Gasteiger charge is -2.04. The van der Waals surface area contributed by atoms with Gasteiger partial charge in [0, 0.05) is 18.8 Å². The summed E-state index contributed by atoms with van der Waals surface area (Å²) in [4.78, 5) is 25.8. The van der Waals surface area contributed by atoms with Gasteiger partial charge < -0.3 is 15.4 Å². The molecule has 1 aromatic heterocycles. The maximum Gasteiger partial charge on any atom is 0.260 e. The number of pyridine rings is 1. The second kappa shape index (κ2) is 7.66. The highest BCUT2D eigenvalue weighted by Crippen LogP contribution is 1.98. The molecular weight excluding hydrogens is 232 g/mol. The molecule has 1 rings (SSSR count). The predicted octanol–water partition coefficient (Wildman–Crippen LogP) is 0.966. The third-order valence-electron chi connectivity index (χ3n) is 2.67. The molecule has 0 aliphatic heterocycles. The van der Waals surface area contributed by atoms with Gasteiger partial charge in [-0.1, -0.05) is 12.8 Å². The van der Waals surface area contributed by atoms with E-state index in [1.165, 1.54) is 6.07 Å². The van der Waals surface area contributed by atoms with E-state index in [9.17, 15) is 9.59 Å². The first kappa shape index (κ1) is 14.4. The van der Waals surface area contributed by atoms with Crippen LogP contribution < -0.4 is 10.9 Å². The number of rotatable bonds is 7. The minimum absolute atomic E-state index is 0.149. The first-order chi connectivity index (χ1) is 8.65. The highest BCUT2D eigenvalue weighted by Gasteiger charge is 2.08. The fourth-order valence-electron chi connectivity index (χ4n) is 1.64. The predicted molar refractivity (Wildman–Crippen MR) is 69.7 cm³/mol. The first-order valence-corrected chi connectivity index (χ1v) is 6.24. The molecule has 0 unspecified atom stereocenters. The van der Waals surface area contributed by atoms with Crippen molar-refractivity contribution in [3.8, 4) is 0 Å². The van der Waals surface area contributed by atoms with Gasteiger partial charge >= 0.3 is 0 Å². The maximum atomic E-state index is 11.7. The fourth-order valence-corrected chi connectivity index (χ4v) is 1.64. The molecule has 0 aliphatic rings. The molecule has 0 saturated carbocycles. The van der Waals surface area contributed by atoms with Gasteiger partial charge in [0.1, 0.15) is 5.56 Å². The van der Waals surface area contributed by atoms with Crippen LogP contribution in [0.25, 0.3) is 0 Å². The number of amides is 1. The summed E-state index contributed by atoms with van der Waals surface area (Å²) in [5.74, 6) is -0.335. The molecule has 0 fully saturated rings. The van der Waals surface area contributed by atoms with Gasteiger partial charge in [0.15, 0.2) is 0 Å². The van der Waals surface area contributed by atoms with Crippen molar-refractivity contribution in [2.45, 2.75) is 32.6 Å². The molecule has 1 aromatic rings. The Morgan fingerprint density at radius 3 is 2.67 bits per heavy atom. The number of aryl methyl sites for hydroxylation is 1. The fraction of sp³-hybridized carbons (Fsp3) is 0.538. The number of aliphatic hydroxyl groups is 1. The van der Waals surface area contributed by atoms with E-state index >= 15 is 0 Å². The summed E-state index contributed by atoms with van der Waals surface area (Å²) >= 11 is 0. The molecule has 3 N–H and O–H groups in total. The standard InChI is InChI=1S/C13H20N2O3/c1-10-6-7-11(13(18)15-10)12(17)14-8-4-2-3-5-9-16/h6-7,16H,2-5,8-9H2,1H3,(H,14,17)(H,15,18). The third kappa shape index (κ3) is 4.71. The van der Waals surface area contributed by atoms with E-state index in [2.05, 4.69) is 10.3 Å². The Balaban J connectivity index is 2.34. The molecule has 5 heteroatoms. The summed E-state index contributed by atoms with van der Waals surface area (Å²) in [7, 11) is 0. The number of aromatic amines is 1. The summed E-state index contributed by atoms with van der Waals surface area (Å²) in [6.45, 7) is 2.53. The van der Waals surface area contributed by atoms with Crippen LogP contribution in [0.2, 0.25) is 0 Å². The van der Waals surface area contributed by atoms with Gasteiger partial charge in [0.2, 0.25) is 0 Å². The van der Waals surface area contributed by atoms with Crippen LogP contribution in [0.3, 0.4) is 0 Å². The van der Waals surface area contributed by atoms with Gasteiger partial charge in [0.05, 0.1) is 0 Å². The monoisotopic (exact) mass is 252 g/mol. The highest BCUT2D eigenvalue weighted by molar-refractivity contribution is 5.93. The van der Waals surface area contributed by atoms with Crippen molar-refractivity contribution in [1.82, 2.24) is 10.3 Å². The molecule has 0 radical (unpaired) electrons. The zero-order valence-electron chi connectivity index (χ0n) is 10.7. The zero-order valence-corrected chi connectivity index (χ0v) is 10.7. The molecule has 0 saturated heterocycles. The van der Waals surface area contributed by atoms with E-state index in [1.807, 2.05) is 0 Å². The lowest BCUT2D eigenvalue weighted by molar-refractivity contribution is 0.0951. The summed E-state index contributed by atoms with van der Waals surface area (Å²) in [5.41, 5.74) is 0.532. The molecule has 18 heavy (non-hydrogen) atoms. The number of hydrogen-bond donors (Lipinski definition) is 3.